The van der Waals surface area contributed by atoms with Crippen LogP contribution in [0.2, 0.25) is 0 Å². The zero-order valence-electron chi connectivity index (χ0n) is 15.9. The Balaban J connectivity index is 1.66. The van der Waals surface area contributed by atoms with E-state index in [1.165, 1.54) is 0 Å². The normalized spacial score (nSPS) is 13.8. The monoisotopic (exact) mass is 371 g/mol. The number of carbonyl (C=O) groups excluding carboxylic acids is 1. The van der Waals surface area contributed by atoms with Gasteiger partial charge in [0.2, 0.25) is 0 Å². The van der Waals surface area contributed by atoms with Gasteiger partial charge in [0.1, 0.15) is 13.2 Å². The molecule has 0 radical (unpaired) electrons. The molecule has 1 amide bonds. The van der Waals surface area contributed by atoms with Crippen molar-refractivity contribution in [3.05, 3.63) is 48.0 Å². The van der Waals surface area contributed by atoms with Gasteiger partial charge in [-0.3, -0.25) is 4.79 Å². The summed E-state index contributed by atoms with van der Waals surface area (Å²) in [5, 5.41) is 3.05. The molecule has 6 heteroatoms. The Hall–Kier alpha value is -2.89. The van der Waals surface area contributed by atoms with Crippen molar-refractivity contribution in [2.75, 3.05) is 26.9 Å². The standard InChI is InChI=1S/C21H25NO5/c1-14(2)21(15-8-9-18-19(12-15)26-11-10-25-18)22-20(23)13-27-17-7-5-4-6-16(17)24-3/h4-9,12,14,21H,10-11,13H2,1-3H3,(H,22,23)/t21-/m1/s1. The molecule has 27 heavy (non-hydrogen) atoms. The highest BCUT2D eigenvalue weighted by Crippen LogP contribution is 2.34. The fourth-order valence-electron chi connectivity index (χ4n) is 2.98. The molecular weight excluding hydrogens is 346 g/mol. The van der Waals surface area contributed by atoms with Crippen LogP contribution < -0.4 is 24.3 Å². The minimum atomic E-state index is -0.200. The molecule has 1 N–H and O–H groups in total. The number of methoxy groups -OCH3 is 1. The average molecular weight is 371 g/mol. The van der Waals surface area contributed by atoms with E-state index in [9.17, 15) is 4.79 Å². The Morgan fingerprint density at radius 2 is 1.78 bits per heavy atom. The number of hydrogen-bond acceptors (Lipinski definition) is 5. The molecule has 1 aliphatic heterocycles. The van der Waals surface area contributed by atoms with Gasteiger partial charge in [0.15, 0.2) is 29.6 Å². The van der Waals surface area contributed by atoms with Crippen molar-refractivity contribution < 1.29 is 23.7 Å². The maximum absolute atomic E-state index is 12.5. The molecule has 3 rings (SSSR count). The van der Waals surface area contributed by atoms with E-state index in [2.05, 4.69) is 19.2 Å². The second kappa shape index (κ2) is 8.66. The number of hydrogen-bond donors (Lipinski definition) is 1. The number of para-hydroxylation sites is 2. The number of rotatable bonds is 7. The molecule has 144 valence electrons. The SMILES string of the molecule is COc1ccccc1OCC(=O)N[C@@H](c1ccc2c(c1)OCCO2)C(C)C. The van der Waals surface area contributed by atoms with E-state index in [1.54, 1.807) is 19.2 Å². The highest BCUT2D eigenvalue weighted by molar-refractivity contribution is 5.78. The van der Waals surface area contributed by atoms with Crippen LogP contribution in [0.4, 0.5) is 0 Å². The van der Waals surface area contributed by atoms with Crippen molar-refractivity contribution in [3.8, 4) is 23.0 Å². The summed E-state index contributed by atoms with van der Waals surface area (Å²) >= 11 is 0. The van der Waals surface area contributed by atoms with E-state index >= 15 is 0 Å². The van der Waals surface area contributed by atoms with Gasteiger partial charge in [0.25, 0.3) is 5.91 Å². The lowest BCUT2D eigenvalue weighted by atomic mass is 9.95. The first-order valence-electron chi connectivity index (χ1n) is 9.03. The fraction of sp³-hybridized carbons (Fsp3) is 0.381. The molecule has 6 nitrogen and oxygen atoms in total. The van der Waals surface area contributed by atoms with Crippen LogP contribution in [-0.2, 0) is 4.79 Å². The molecule has 2 aromatic carbocycles. The first kappa shape index (κ1) is 18.9. The summed E-state index contributed by atoms with van der Waals surface area (Å²) in [6.07, 6.45) is 0. The Morgan fingerprint density at radius 1 is 1.07 bits per heavy atom. The van der Waals surface area contributed by atoms with Crippen molar-refractivity contribution in [1.29, 1.82) is 0 Å². The topological polar surface area (TPSA) is 66.0 Å². The summed E-state index contributed by atoms with van der Waals surface area (Å²) in [7, 11) is 1.57. The summed E-state index contributed by atoms with van der Waals surface area (Å²) in [6.45, 7) is 5.11. The van der Waals surface area contributed by atoms with Gasteiger partial charge >= 0.3 is 0 Å². The second-order valence-electron chi connectivity index (χ2n) is 6.63. The van der Waals surface area contributed by atoms with E-state index in [4.69, 9.17) is 18.9 Å². The third-order valence-electron chi connectivity index (χ3n) is 4.34. The number of amides is 1. The Bertz CT molecular complexity index is 790. The van der Waals surface area contributed by atoms with E-state index in [0.29, 0.717) is 30.5 Å². The molecule has 2 aromatic rings. The van der Waals surface area contributed by atoms with Crippen LogP contribution in [0, 0.1) is 5.92 Å². The molecule has 0 fully saturated rings. The lowest BCUT2D eigenvalue weighted by molar-refractivity contribution is -0.124. The van der Waals surface area contributed by atoms with Crippen LogP contribution in [0.25, 0.3) is 0 Å². The van der Waals surface area contributed by atoms with Crippen molar-refractivity contribution in [2.24, 2.45) is 5.92 Å². The summed E-state index contributed by atoms with van der Waals surface area (Å²) in [4.78, 5) is 12.5. The van der Waals surface area contributed by atoms with Crippen molar-refractivity contribution in [2.45, 2.75) is 19.9 Å². The molecule has 1 atom stereocenters. The number of benzene rings is 2. The molecule has 1 aliphatic rings. The predicted octanol–water partition coefficient (Wildman–Crippen LogP) is 3.36. The van der Waals surface area contributed by atoms with Crippen LogP contribution in [0.5, 0.6) is 23.0 Å². The number of fused-ring (bicyclic) bond motifs is 1. The van der Waals surface area contributed by atoms with Crippen LogP contribution in [0.1, 0.15) is 25.5 Å². The lowest BCUT2D eigenvalue weighted by Gasteiger charge is -2.25. The maximum atomic E-state index is 12.5. The third-order valence-corrected chi connectivity index (χ3v) is 4.34. The lowest BCUT2D eigenvalue weighted by Crippen LogP contribution is -2.35. The van der Waals surface area contributed by atoms with Gasteiger partial charge in [0.05, 0.1) is 13.2 Å². The zero-order valence-corrected chi connectivity index (χ0v) is 15.9. The number of ether oxygens (including phenoxy) is 4. The molecule has 0 unspecified atom stereocenters. The summed E-state index contributed by atoms with van der Waals surface area (Å²) in [5.41, 5.74) is 0.972. The highest BCUT2D eigenvalue weighted by Gasteiger charge is 2.21. The van der Waals surface area contributed by atoms with Gasteiger partial charge in [-0.05, 0) is 35.7 Å². The largest absolute Gasteiger partial charge is 0.493 e. The first-order valence-corrected chi connectivity index (χ1v) is 9.03. The molecule has 0 aliphatic carbocycles. The second-order valence-corrected chi connectivity index (χ2v) is 6.63. The molecule has 1 heterocycles. The smallest absolute Gasteiger partial charge is 0.258 e. The minimum Gasteiger partial charge on any atom is -0.493 e. The van der Waals surface area contributed by atoms with E-state index in [-0.39, 0.29) is 24.5 Å². The average Bonchev–Trinajstić information content (AvgIpc) is 2.70. The Morgan fingerprint density at radius 3 is 2.48 bits per heavy atom. The molecule has 0 bridgehead atoms. The molecule has 0 saturated carbocycles. The number of nitrogens with one attached hydrogen (secondary N) is 1. The highest BCUT2D eigenvalue weighted by atomic mass is 16.6. The van der Waals surface area contributed by atoms with Gasteiger partial charge in [-0.2, -0.15) is 0 Å². The van der Waals surface area contributed by atoms with Crippen LogP contribution >= 0.6 is 0 Å². The Kier molecular flexibility index (Phi) is 6.06. The van der Waals surface area contributed by atoms with Crippen LogP contribution in [0.3, 0.4) is 0 Å². The molecule has 0 aromatic heterocycles. The Labute approximate surface area is 159 Å². The quantitative estimate of drug-likeness (QED) is 0.808. The van der Waals surface area contributed by atoms with Crippen molar-refractivity contribution >= 4 is 5.91 Å². The first-order chi connectivity index (χ1) is 13.1. The van der Waals surface area contributed by atoms with E-state index in [0.717, 1.165) is 11.3 Å². The van der Waals surface area contributed by atoms with Crippen LogP contribution in [0.15, 0.2) is 42.5 Å². The van der Waals surface area contributed by atoms with Crippen molar-refractivity contribution in [1.82, 2.24) is 5.32 Å². The molecular formula is C21H25NO5. The summed E-state index contributed by atoms with van der Waals surface area (Å²) in [6, 6.07) is 12.9. The van der Waals surface area contributed by atoms with E-state index < -0.39 is 0 Å². The molecule has 0 spiro atoms. The van der Waals surface area contributed by atoms with E-state index in [1.807, 2.05) is 30.3 Å². The minimum absolute atomic E-state index is 0.0891. The zero-order chi connectivity index (χ0) is 19.2. The van der Waals surface area contributed by atoms with Gasteiger partial charge in [-0.15, -0.1) is 0 Å². The fourth-order valence-corrected chi connectivity index (χ4v) is 2.98. The summed E-state index contributed by atoms with van der Waals surface area (Å²) < 4.78 is 22.1. The third kappa shape index (κ3) is 4.64. The molecule has 0 saturated heterocycles. The van der Waals surface area contributed by atoms with Gasteiger partial charge < -0.3 is 24.3 Å². The number of carbonyl (C=O) groups is 1. The van der Waals surface area contributed by atoms with Crippen molar-refractivity contribution in [3.63, 3.8) is 0 Å². The van der Waals surface area contributed by atoms with Crippen LogP contribution in [-0.4, -0.2) is 32.8 Å². The van der Waals surface area contributed by atoms with Gasteiger partial charge in [-0.1, -0.05) is 32.0 Å². The predicted molar refractivity (Wildman–Crippen MR) is 102 cm³/mol. The van der Waals surface area contributed by atoms with Gasteiger partial charge in [0, 0.05) is 0 Å². The summed E-state index contributed by atoms with van der Waals surface area (Å²) in [5.74, 6) is 2.58. The maximum Gasteiger partial charge on any atom is 0.258 e. The van der Waals surface area contributed by atoms with Gasteiger partial charge in [-0.25, -0.2) is 0 Å².